The molecule has 0 radical (unpaired) electrons. The molecular formula is C35H49N3O6. The number of unbranched alkanes of at least 4 members (excludes halogenated alkanes) is 1. The van der Waals surface area contributed by atoms with E-state index in [0.29, 0.717) is 26.1 Å². The van der Waals surface area contributed by atoms with Gasteiger partial charge >= 0.3 is 6.09 Å². The van der Waals surface area contributed by atoms with Crippen LogP contribution in [0.25, 0.3) is 0 Å². The number of methoxy groups -OCH3 is 1. The molecule has 0 unspecified atom stereocenters. The number of likely N-dealkylation sites (tertiary alicyclic amines) is 1. The van der Waals surface area contributed by atoms with Crippen molar-refractivity contribution in [3.63, 3.8) is 0 Å². The molecule has 2 aromatic rings. The maximum atomic E-state index is 14.0. The van der Waals surface area contributed by atoms with E-state index in [4.69, 9.17) is 14.2 Å². The minimum Gasteiger partial charge on any atom is -0.457 e. The molecule has 3 amide bonds. The van der Waals surface area contributed by atoms with E-state index in [1.54, 1.807) is 7.11 Å². The van der Waals surface area contributed by atoms with Gasteiger partial charge in [0.15, 0.2) is 0 Å². The van der Waals surface area contributed by atoms with Gasteiger partial charge in [-0.25, -0.2) is 4.79 Å². The van der Waals surface area contributed by atoms with Crippen LogP contribution in [0.1, 0.15) is 71.4 Å². The zero-order chi connectivity index (χ0) is 31.9. The van der Waals surface area contributed by atoms with Gasteiger partial charge in [-0.1, -0.05) is 50.2 Å². The predicted molar refractivity (Wildman–Crippen MR) is 170 cm³/mol. The summed E-state index contributed by atoms with van der Waals surface area (Å²) in [7, 11) is 1.70. The molecule has 240 valence electrons. The molecular weight excluding hydrogens is 558 g/mol. The topological polar surface area (TPSA) is 106 Å². The Balaban J connectivity index is 1.60. The summed E-state index contributed by atoms with van der Waals surface area (Å²) in [4.78, 5) is 41.8. The van der Waals surface area contributed by atoms with Crippen LogP contribution in [0.3, 0.4) is 0 Å². The van der Waals surface area contributed by atoms with Crippen LogP contribution in [0, 0.1) is 17.8 Å². The van der Waals surface area contributed by atoms with Crippen LogP contribution >= 0.6 is 0 Å². The number of hydrogen-bond donors (Lipinski definition) is 2. The summed E-state index contributed by atoms with van der Waals surface area (Å²) < 4.78 is 17.3. The van der Waals surface area contributed by atoms with Gasteiger partial charge in [0.05, 0.1) is 11.8 Å². The second-order valence-electron chi connectivity index (χ2n) is 13.5. The average molecular weight is 608 g/mol. The van der Waals surface area contributed by atoms with Crippen molar-refractivity contribution in [1.82, 2.24) is 15.5 Å². The van der Waals surface area contributed by atoms with Crippen LogP contribution in [-0.2, 0) is 24.5 Å². The average Bonchev–Trinajstić information content (AvgIpc) is 2.99. The van der Waals surface area contributed by atoms with E-state index in [1.807, 2.05) is 71.0 Å². The summed E-state index contributed by atoms with van der Waals surface area (Å²) in [6.07, 6.45) is 2.39. The molecule has 2 atom stereocenters. The minimum atomic E-state index is -0.694. The van der Waals surface area contributed by atoms with Crippen molar-refractivity contribution < 1.29 is 28.6 Å². The van der Waals surface area contributed by atoms with Crippen LogP contribution in [-0.4, -0.2) is 68.3 Å². The van der Waals surface area contributed by atoms with E-state index in [0.717, 1.165) is 41.9 Å². The van der Waals surface area contributed by atoms with Gasteiger partial charge in [-0.2, -0.15) is 0 Å². The largest absolute Gasteiger partial charge is 0.457 e. The third kappa shape index (κ3) is 8.11. The van der Waals surface area contributed by atoms with E-state index in [1.165, 1.54) is 4.90 Å². The van der Waals surface area contributed by atoms with Gasteiger partial charge in [0.2, 0.25) is 11.8 Å². The molecule has 2 aromatic carbocycles. The Bertz CT molecular complexity index is 1260. The number of para-hydroxylation sites is 2. The number of carbonyl (C=O) groups is 3. The van der Waals surface area contributed by atoms with Crippen molar-refractivity contribution in [3.05, 3.63) is 59.7 Å². The zero-order valence-corrected chi connectivity index (χ0v) is 27.1. The maximum absolute atomic E-state index is 14.0. The number of hydrogen-bond acceptors (Lipinski definition) is 6. The monoisotopic (exact) mass is 607 g/mol. The van der Waals surface area contributed by atoms with E-state index < -0.39 is 28.9 Å². The lowest BCUT2D eigenvalue weighted by Gasteiger charge is -2.41. The predicted octanol–water partition coefficient (Wildman–Crippen LogP) is 5.66. The van der Waals surface area contributed by atoms with Gasteiger partial charge in [-0.3, -0.25) is 9.59 Å². The standard InChI is InChI=1S/C35H49N3O6/c1-24(2)20-36-31(39)25-19-26(22-38(21-25)33(41)44-34(3,4)5)32(40)37-23-35(17-11-12-18-42-6)27-13-7-9-15-29(27)43-30-16-10-8-14-28(30)35/h7-10,13-16,24-26H,11-12,17-23H2,1-6H3,(H,36,39)(H,37,40)/t25-,26+/m0/s1. The van der Waals surface area contributed by atoms with Crippen molar-refractivity contribution in [1.29, 1.82) is 0 Å². The molecule has 1 fully saturated rings. The first-order valence-electron chi connectivity index (χ1n) is 15.8. The van der Waals surface area contributed by atoms with Gasteiger partial charge in [-0.05, 0) is 64.5 Å². The Hall–Kier alpha value is -3.59. The molecule has 2 aliphatic heterocycles. The molecule has 2 heterocycles. The van der Waals surface area contributed by atoms with Crippen LogP contribution in [0.15, 0.2) is 48.5 Å². The van der Waals surface area contributed by atoms with Crippen molar-refractivity contribution in [2.45, 2.75) is 71.3 Å². The normalized spacial score (nSPS) is 18.9. The highest BCUT2D eigenvalue weighted by atomic mass is 16.6. The molecule has 0 aliphatic carbocycles. The smallest absolute Gasteiger partial charge is 0.410 e. The molecule has 0 aromatic heterocycles. The molecule has 9 heteroatoms. The van der Waals surface area contributed by atoms with Crippen molar-refractivity contribution in [3.8, 4) is 11.5 Å². The van der Waals surface area contributed by atoms with Gasteiger partial charge in [-0.15, -0.1) is 0 Å². The Labute approximate surface area is 262 Å². The van der Waals surface area contributed by atoms with Crippen LogP contribution in [0.2, 0.25) is 0 Å². The summed E-state index contributed by atoms with van der Waals surface area (Å²) in [5, 5.41) is 6.26. The summed E-state index contributed by atoms with van der Waals surface area (Å²) in [6.45, 7) is 11.4. The van der Waals surface area contributed by atoms with Gasteiger partial charge in [0, 0.05) is 56.4 Å². The minimum absolute atomic E-state index is 0.147. The molecule has 0 saturated carbocycles. The number of benzene rings is 2. The van der Waals surface area contributed by atoms with Crippen molar-refractivity contribution in [2.75, 3.05) is 39.9 Å². The highest BCUT2D eigenvalue weighted by Gasteiger charge is 2.43. The first-order chi connectivity index (χ1) is 20.9. The summed E-state index contributed by atoms with van der Waals surface area (Å²) in [6, 6.07) is 16.0. The fraction of sp³-hybridized carbons (Fsp3) is 0.571. The van der Waals surface area contributed by atoms with Crippen LogP contribution in [0.4, 0.5) is 4.79 Å². The number of rotatable bonds is 11. The molecule has 2 aliphatic rings. The first kappa shape index (κ1) is 33.3. The van der Waals surface area contributed by atoms with Crippen LogP contribution < -0.4 is 15.4 Å². The summed E-state index contributed by atoms with van der Waals surface area (Å²) in [5.41, 5.74) is 0.839. The molecule has 44 heavy (non-hydrogen) atoms. The molecule has 2 N–H and O–H groups in total. The number of carbonyl (C=O) groups excluding carboxylic acids is 3. The molecule has 4 rings (SSSR count). The van der Waals surface area contributed by atoms with Crippen molar-refractivity contribution >= 4 is 17.9 Å². The Morgan fingerprint density at radius 2 is 1.50 bits per heavy atom. The lowest BCUT2D eigenvalue weighted by Crippen LogP contribution is -2.54. The zero-order valence-electron chi connectivity index (χ0n) is 27.1. The SMILES string of the molecule is COCCCCC1(CNC(=O)[C@@H]2C[C@H](C(=O)NCC(C)C)CN(C(=O)OC(C)(C)C)C2)c2ccccc2Oc2ccccc21. The second kappa shape index (κ2) is 14.5. The maximum Gasteiger partial charge on any atom is 0.410 e. The molecule has 0 bridgehead atoms. The fourth-order valence-electron chi connectivity index (χ4n) is 6.17. The third-order valence-corrected chi connectivity index (χ3v) is 8.32. The van der Waals surface area contributed by atoms with Crippen LogP contribution in [0.5, 0.6) is 11.5 Å². The number of piperidine rings is 1. The molecule has 0 spiro atoms. The van der Waals surface area contributed by atoms with E-state index in [-0.39, 0.29) is 30.8 Å². The second-order valence-corrected chi connectivity index (χ2v) is 13.5. The molecule has 9 nitrogen and oxygen atoms in total. The lowest BCUT2D eigenvalue weighted by molar-refractivity contribution is -0.131. The Morgan fingerprint density at radius 3 is 2.05 bits per heavy atom. The summed E-state index contributed by atoms with van der Waals surface area (Å²) in [5.74, 6) is 0.434. The van der Waals surface area contributed by atoms with Gasteiger partial charge in [0.25, 0.3) is 0 Å². The summed E-state index contributed by atoms with van der Waals surface area (Å²) >= 11 is 0. The highest BCUT2D eigenvalue weighted by Crippen LogP contribution is 2.50. The third-order valence-electron chi connectivity index (χ3n) is 8.32. The van der Waals surface area contributed by atoms with E-state index in [2.05, 4.69) is 22.8 Å². The Kier molecular flexibility index (Phi) is 10.9. The quantitative estimate of drug-likeness (QED) is 0.320. The Morgan fingerprint density at radius 1 is 0.932 bits per heavy atom. The number of amides is 3. The first-order valence-corrected chi connectivity index (χ1v) is 15.8. The number of ether oxygens (including phenoxy) is 3. The highest BCUT2D eigenvalue weighted by molar-refractivity contribution is 5.84. The number of nitrogens with zero attached hydrogens (tertiary/aromatic N) is 1. The number of fused-ring (bicyclic) bond motifs is 2. The van der Waals surface area contributed by atoms with Gasteiger partial charge in [0.1, 0.15) is 17.1 Å². The number of nitrogens with one attached hydrogen (secondary N) is 2. The van der Waals surface area contributed by atoms with Gasteiger partial charge < -0.3 is 29.7 Å². The van der Waals surface area contributed by atoms with E-state index >= 15 is 0 Å². The molecule has 1 saturated heterocycles. The fourth-order valence-corrected chi connectivity index (χ4v) is 6.17. The van der Waals surface area contributed by atoms with E-state index in [9.17, 15) is 14.4 Å². The van der Waals surface area contributed by atoms with Crippen molar-refractivity contribution in [2.24, 2.45) is 17.8 Å². The lowest BCUT2D eigenvalue weighted by atomic mass is 9.69.